The highest BCUT2D eigenvalue weighted by molar-refractivity contribution is 6.06. The summed E-state index contributed by atoms with van der Waals surface area (Å²) in [6.45, 7) is 0.335. The molecule has 7 nitrogen and oxygen atoms in total. The van der Waals surface area contributed by atoms with Crippen molar-refractivity contribution >= 4 is 35.0 Å². The molecule has 3 aromatic carbocycles. The van der Waals surface area contributed by atoms with E-state index < -0.39 is 0 Å². The average Bonchev–Trinajstić information content (AvgIpc) is 3.30. The largest absolute Gasteiger partial charge is 0.496 e. The number of ether oxygens (including phenoxy) is 1. The van der Waals surface area contributed by atoms with E-state index >= 15 is 0 Å². The van der Waals surface area contributed by atoms with E-state index in [0.29, 0.717) is 24.9 Å². The molecule has 0 aliphatic heterocycles. The topological polar surface area (TPSA) is 109 Å². The zero-order chi connectivity index (χ0) is 23.2. The number of nitrogens with two attached hydrogens (primary N) is 1. The number of fused-ring (bicyclic) bond motifs is 1. The van der Waals surface area contributed by atoms with E-state index in [-0.39, 0.29) is 0 Å². The van der Waals surface area contributed by atoms with E-state index in [2.05, 4.69) is 21.7 Å². The fourth-order valence-corrected chi connectivity index (χ4v) is 3.95. The standard InChI is InChI=1S/C26H24N4O3/c1-33-25-6-3-2-5-21(25)24-14-22-20(9-10-23(29-16-32)26(22)30-24)19-8-7-18(13-17(19)15-27)28-11-4-12-31/h2-14,16,28,30H,15,27H2,1H3,(H,29,32). The highest BCUT2D eigenvalue weighted by Gasteiger charge is 2.16. The third-order valence-electron chi connectivity index (χ3n) is 5.45. The van der Waals surface area contributed by atoms with Gasteiger partial charge in [-0.2, -0.15) is 0 Å². The van der Waals surface area contributed by atoms with Crippen molar-refractivity contribution in [1.82, 2.24) is 4.98 Å². The van der Waals surface area contributed by atoms with Crippen molar-refractivity contribution in [2.24, 2.45) is 5.73 Å². The summed E-state index contributed by atoms with van der Waals surface area (Å²) in [5.74, 6) is 0.747. The summed E-state index contributed by atoms with van der Waals surface area (Å²) in [7, 11) is 1.64. The Balaban J connectivity index is 1.89. The van der Waals surface area contributed by atoms with E-state index in [4.69, 9.17) is 10.5 Å². The molecule has 0 atom stereocenters. The monoisotopic (exact) mass is 440 g/mol. The normalized spacial score (nSPS) is 11.0. The van der Waals surface area contributed by atoms with E-state index in [1.807, 2.05) is 54.6 Å². The fraction of sp³-hybridized carbons (Fsp3) is 0.0769. The van der Waals surface area contributed by atoms with Gasteiger partial charge in [0.15, 0.2) is 0 Å². The molecule has 4 rings (SSSR count). The van der Waals surface area contributed by atoms with Crippen LogP contribution in [0.25, 0.3) is 33.3 Å². The lowest BCUT2D eigenvalue weighted by molar-refractivity contribution is -0.105. The molecule has 0 bridgehead atoms. The first-order chi connectivity index (χ1) is 16.2. The van der Waals surface area contributed by atoms with Gasteiger partial charge in [0, 0.05) is 29.4 Å². The van der Waals surface area contributed by atoms with Gasteiger partial charge in [-0.1, -0.05) is 24.3 Å². The second-order valence-electron chi connectivity index (χ2n) is 7.31. The number of aldehydes is 1. The lowest BCUT2D eigenvalue weighted by Crippen LogP contribution is -2.01. The molecule has 0 aliphatic rings. The van der Waals surface area contributed by atoms with Crippen LogP contribution in [-0.2, 0) is 16.1 Å². The Morgan fingerprint density at radius 2 is 1.79 bits per heavy atom. The second-order valence-corrected chi connectivity index (χ2v) is 7.31. The first-order valence-corrected chi connectivity index (χ1v) is 10.4. The summed E-state index contributed by atoms with van der Waals surface area (Å²) >= 11 is 0. The highest BCUT2D eigenvalue weighted by Crippen LogP contribution is 2.39. The lowest BCUT2D eigenvalue weighted by atomic mass is 9.95. The second kappa shape index (κ2) is 9.84. The molecule has 1 heterocycles. The first-order valence-electron chi connectivity index (χ1n) is 10.4. The minimum absolute atomic E-state index is 0.335. The molecule has 5 N–H and O–H groups in total. The molecule has 0 saturated heterocycles. The number of amides is 1. The zero-order valence-corrected chi connectivity index (χ0v) is 18.1. The number of anilines is 2. The highest BCUT2D eigenvalue weighted by atomic mass is 16.5. The lowest BCUT2D eigenvalue weighted by Gasteiger charge is -2.13. The van der Waals surface area contributed by atoms with Crippen molar-refractivity contribution in [1.29, 1.82) is 0 Å². The van der Waals surface area contributed by atoms with Crippen LogP contribution in [-0.4, -0.2) is 24.8 Å². The summed E-state index contributed by atoms with van der Waals surface area (Å²) in [4.78, 5) is 25.2. The molecular weight excluding hydrogens is 416 g/mol. The van der Waals surface area contributed by atoms with Crippen LogP contribution in [0.15, 0.2) is 72.9 Å². The number of hydrogen-bond acceptors (Lipinski definition) is 5. The summed E-state index contributed by atoms with van der Waals surface area (Å²) in [5, 5.41) is 6.78. The Bertz CT molecular complexity index is 1340. The number of carbonyl (C=O) groups excluding carboxylic acids is 2. The summed E-state index contributed by atoms with van der Waals surface area (Å²) < 4.78 is 5.54. The maximum Gasteiger partial charge on any atom is 0.211 e. The number of aromatic amines is 1. The number of aromatic nitrogens is 1. The van der Waals surface area contributed by atoms with Gasteiger partial charge in [0.1, 0.15) is 12.0 Å². The van der Waals surface area contributed by atoms with Crippen molar-refractivity contribution in [3.8, 4) is 28.1 Å². The molecule has 0 unspecified atom stereocenters. The van der Waals surface area contributed by atoms with Gasteiger partial charge in [-0.25, -0.2) is 0 Å². The third-order valence-corrected chi connectivity index (χ3v) is 5.45. The number of benzene rings is 3. The quantitative estimate of drug-likeness (QED) is 0.224. The van der Waals surface area contributed by atoms with Crippen molar-refractivity contribution in [2.45, 2.75) is 6.54 Å². The Morgan fingerprint density at radius 3 is 2.55 bits per heavy atom. The summed E-state index contributed by atoms with van der Waals surface area (Å²) in [6.07, 6.45) is 4.34. The number of rotatable bonds is 9. The van der Waals surface area contributed by atoms with Crippen molar-refractivity contribution in [3.05, 3.63) is 78.5 Å². The number of methoxy groups -OCH3 is 1. The van der Waals surface area contributed by atoms with Crippen molar-refractivity contribution in [3.63, 3.8) is 0 Å². The Kier molecular flexibility index (Phi) is 6.52. The number of para-hydroxylation sites is 1. The smallest absolute Gasteiger partial charge is 0.211 e. The van der Waals surface area contributed by atoms with Gasteiger partial charge >= 0.3 is 0 Å². The molecule has 0 saturated carbocycles. The Labute approximate surface area is 191 Å². The van der Waals surface area contributed by atoms with Crippen molar-refractivity contribution < 1.29 is 14.3 Å². The van der Waals surface area contributed by atoms with Crippen LogP contribution < -0.4 is 21.1 Å². The Hall–Kier alpha value is -4.36. The molecule has 0 spiro atoms. The molecule has 4 aromatic rings. The molecule has 1 amide bonds. The van der Waals surface area contributed by atoms with Crippen LogP contribution >= 0.6 is 0 Å². The zero-order valence-electron chi connectivity index (χ0n) is 18.1. The maximum atomic E-state index is 11.2. The number of carbonyl (C=O) groups is 2. The maximum absolute atomic E-state index is 11.2. The number of allylic oxidation sites excluding steroid dienone is 1. The molecule has 0 aliphatic carbocycles. The average molecular weight is 441 g/mol. The van der Waals surface area contributed by atoms with Gasteiger partial charge in [0.25, 0.3) is 0 Å². The Morgan fingerprint density at radius 1 is 0.970 bits per heavy atom. The molecule has 0 fully saturated rings. The van der Waals surface area contributed by atoms with E-state index in [1.54, 1.807) is 13.3 Å². The molecule has 166 valence electrons. The number of hydrogen-bond donors (Lipinski definition) is 4. The predicted molar refractivity (Wildman–Crippen MR) is 132 cm³/mol. The van der Waals surface area contributed by atoms with Crippen molar-refractivity contribution in [2.75, 3.05) is 17.7 Å². The molecule has 33 heavy (non-hydrogen) atoms. The molecule has 0 radical (unpaired) electrons. The molecule has 7 heteroatoms. The summed E-state index contributed by atoms with van der Waals surface area (Å²) in [5.41, 5.74) is 13.1. The van der Waals surface area contributed by atoms with Gasteiger partial charge in [-0.05, 0) is 59.2 Å². The SMILES string of the molecule is COc1ccccc1-c1cc2c(-c3ccc(NC=CC=O)cc3CN)ccc(NC=O)c2[nH]1. The third kappa shape index (κ3) is 4.35. The van der Waals surface area contributed by atoms with E-state index in [1.165, 1.54) is 6.08 Å². The van der Waals surface area contributed by atoms with Crippen LogP contribution in [0.1, 0.15) is 5.56 Å². The van der Waals surface area contributed by atoms with Crippen LogP contribution in [0, 0.1) is 0 Å². The summed E-state index contributed by atoms with van der Waals surface area (Å²) in [6, 6.07) is 19.5. The van der Waals surface area contributed by atoms with Crippen LogP contribution in [0.5, 0.6) is 5.75 Å². The molecule has 1 aromatic heterocycles. The van der Waals surface area contributed by atoms with Crippen LogP contribution in [0.2, 0.25) is 0 Å². The van der Waals surface area contributed by atoms with Gasteiger partial charge < -0.3 is 26.1 Å². The first kappa shape index (κ1) is 21.9. The molecular formula is C26H24N4O3. The minimum atomic E-state index is 0.335. The fourth-order valence-electron chi connectivity index (χ4n) is 3.95. The van der Waals surface area contributed by atoms with Crippen LogP contribution in [0.4, 0.5) is 11.4 Å². The predicted octanol–water partition coefficient (Wildman–Crippen LogP) is 4.66. The van der Waals surface area contributed by atoms with E-state index in [0.717, 1.165) is 50.3 Å². The minimum Gasteiger partial charge on any atom is -0.496 e. The number of H-pyrrole nitrogens is 1. The number of nitrogens with one attached hydrogen (secondary N) is 3. The van der Waals surface area contributed by atoms with Crippen LogP contribution in [0.3, 0.4) is 0 Å². The van der Waals surface area contributed by atoms with Gasteiger partial charge in [-0.3, -0.25) is 9.59 Å². The van der Waals surface area contributed by atoms with E-state index in [9.17, 15) is 9.59 Å². The van der Waals surface area contributed by atoms with Gasteiger partial charge in [0.05, 0.1) is 24.0 Å². The van der Waals surface area contributed by atoms with Gasteiger partial charge in [0.2, 0.25) is 6.41 Å². The van der Waals surface area contributed by atoms with Gasteiger partial charge in [-0.15, -0.1) is 0 Å².